The number of halogens is 1. The number of para-hydroxylation sites is 1. The van der Waals surface area contributed by atoms with E-state index in [2.05, 4.69) is 10.5 Å². The van der Waals surface area contributed by atoms with E-state index in [-0.39, 0.29) is 24.4 Å². The van der Waals surface area contributed by atoms with Gasteiger partial charge in [-0.25, -0.2) is 0 Å². The summed E-state index contributed by atoms with van der Waals surface area (Å²) in [5, 5.41) is 6.75. The van der Waals surface area contributed by atoms with Crippen molar-refractivity contribution < 1.29 is 14.1 Å². The van der Waals surface area contributed by atoms with Crippen LogP contribution in [0, 0.1) is 13.8 Å². The van der Waals surface area contributed by atoms with Gasteiger partial charge in [0.25, 0.3) is 5.91 Å². The van der Waals surface area contributed by atoms with Crippen LogP contribution in [0.25, 0.3) is 0 Å². The molecule has 0 spiro atoms. The van der Waals surface area contributed by atoms with E-state index >= 15 is 0 Å². The Labute approximate surface area is 148 Å². The highest BCUT2D eigenvalue weighted by molar-refractivity contribution is 5.96. The van der Waals surface area contributed by atoms with Crippen LogP contribution < -0.4 is 15.8 Å². The van der Waals surface area contributed by atoms with Crippen LogP contribution in [0.3, 0.4) is 0 Å². The van der Waals surface area contributed by atoms with E-state index in [9.17, 15) is 4.79 Å². The molecule has 0 aliphatic rings. The van der Waals surface area contributed by atoms with E-state index in [0.29, 0.717) is 24.5 Å². The van der Waals surface area contributed by atoms with Crippen LogP contribution >= 0.6 is 12.4 Å². The van der Waals surface area contributed by atoms with Gasteiger partial charge in [-0.15, -0.1) is 12.4 Å². The molecular formula is C17H24ClN3O3. The molecule has 7 heteroatoms. The average molecular weight is 354 g/mol. The van der Waals surface area contributed by atoms with Gasteiger partial charge in [0.1, 0.15) is 18.1 Å². The Morgan fingerprint density at radius 3 is 2.71 bits per heavy atom. The van der Waals surface area contributed by atoms with E-state index in [4.69, 9.17) is 15.0 Å². The predicted octanol–water partition coefficient (Wildman–Crippen LogP) is 2.76. The molecule has 132 valence electrons. The molecular weight excluding hydrogens is 330 g/mol. The smallest absolute Gasteiger partial charge is 0.255 e. The second-order valence-electron chi connectivity index (χ2n) is 5.61. The predicted molar refractivity (Wildman–Crippen MR) is 94.6 cm³/mol. The topological polar surface area (TPSA) is 90.4 Å². The highest BCUT2D eigenvalue weighted by Crippen LogP contribution is 2.21. The highest BCUT2D eigenvalue weighted by atomic mass is 35.5. The average Bonchev–Trinajstić information content (AvgIpc) is 2.84. The highest BCUT2D eigenvalue weighted by Gasteiger charge is 2.14. The number of nitrogens with zero attached hydrogens (tertiary/aromatic N) is 1. The Balaban J connectivity index is 0.00000288. The Morgan fingerprint density at radius 1 is 1.38 bits per heavy atom. The lowest BCUT2D eigenvalue weighted by atomic mass is 10.1. The molecule has 6 nitrogen and oxygen atoms in total. The van der Waals surface area contributed by atoms with Crippen molar-refractivity contribution >= 4 is 18.3 Å². The van der Waals surface area contributed by atoms with E-state index in [0.717, 1.165) is 23.4 Å². The number of hydrogen-bond acceptors (Lipinski definition) is 5. The fourth-order valence-electron chi connectivity index (χ4n) is 2.15. The van der Waals surface area contributed by atoms with Gasteiger partial charge in [-0.1, -0.05) is 17.3 Å². The molecule has 1 unspecified atom stereocenters. The molecule has 2 aromatic rings. The molecule has 0 bridgehead atoms. The first-order chi connectivity index (χ1) is 11.0. The van der Waals surface area contributed by atoms with E-state index in [1.807, 2.05) is 32.9 Å². The number of nitrogens with one attached hydrogen (secondary N) is 1. The largest absolute Gasteiger partial charge is 0.488 e. The number of ether oxygens (including phenoxy) is 1. The van der Waals surface area contributed by atoms with Crippen molar-refractivity contribution in [2.45, 2.75) is 39.8 Å². The molecule has 24 heavy (non-hydrogen) atoms. The van der Waals surface area contributed by atoms with Gasteiger partial charge >= 0.3 is 0 Å². The van der Waals surface area contributed by atoms with Crippen molar-refractivity contribution in [2.75, 3.05) is 6.54 Å². The van der Waals surface area contributed by atoms with Crippen molar-refractivity contribution in [3.05, 3.63) is 46.8 Å². The van der Waals surface area contributed by atoms with Gasteiger partial charge < -0.3 is 20.3 Å². The maximum Gasteiger partial charge on any atom is 0.255 e. The third-order valence-electron chi connectivity index (χ3n) is 3.57. The summed E-state index contributed by atoms with van der Waals surface area (Å²) in [6, 6.07) is 7.22. The summed E-state index contributed by atoms with van der Waals surface area (Å²) in [6.45, 7) is 6.46. The minimum atomic E-state index is -0.167. The fraction of sp³-hybridized carbons (Fsp3) is 0.412. The Bertz CT molecular complexity index is 651. The summed E-state index contributed by atoms with van der Waals surface area (Å²) in [6.07, 6.45) is 0.730. The zero-order valence-electron chi connectivity index (χ0n) is 14.2. The second-order valence-corrected chi connectivity index (χ2v) is 5.61. The molecule has 2 rings (SSSR count). The number of carbonyl (C=O) groups is 1. The standard InChI is InChI=1S/C17H23N3O3.ClH/c1-11(18)8-9-19-17(21)14-6-4-5-7-16(14)22-10-15-12(2)20-23-13(15)3;/h4-7,11H,8-10,18H2,1-3H3,(H,19,21);1H. The zero-order chi connectivity index (χ0) is 16.8. The molecule has 1 heterocycles. The van der Waals surface area contributed by atoms with Crippen LogP contribution in [0.15, 0.2) is 28.8 Å². The lowest BCUT2D eigenvalue weighted by Gasteiger charge is -2.12. The van der Waals surface area contributed by atoms with Crippen molar-refractivity contribution in [2.24, 2.45) is 5.73 Å². The number of aryl methyl sites for hydroxylation is 2. The molecule has 1 amide bonds. The van der Waals surface area contributed by atoms with Crippen LogP contribution in [-0.2, 0) is 6.61 Å². The molecule has 1 aromatic heterocycles. The summed E-state index contributed by atoms with van der Waals surface area (Å²) < 4.78 is 10.9. The first kappa shape index (κ1) is 20.0. The number of benzene rings is 1. The first-order valence-electron chi connectivity index (χ1n) is 7.66. The maximum atomic E-state index is 12.3. The monoisotopic (exact) mass is 353 g/mol. The van der Waals surface area contributed by atoms with Crippen molar-refractivity contribution in [3.8, 4) is 5.75 Å². The fourth-order valence-corrected chi connectivity index (χ4v) is 2.15. The van der Waals surface area contributed by atoms with Crippen LogP contribution in [0.4, 0.5) is 0 Å². The molecule has 0 aliphatic heterocycles. The summed E-state index contributed by atoms with van der Waals surface area (Å²) in [4.78, 5) is 12.3. The van der Waals surface area contributed by atoms with E-state index in [1.165, 1.54) is 0 Å². The molecule has 1 atom stereocenters. The van der Waals surface area contributed by atoms with Gasteiger partial charge in [0.15, 0.2) is 0 Å². The van der Waals surface area contributed by atoms with E-state index < -0.39 is 0 Å². The number of aromatic nitrogens is 1. The lowest BCUT2D eigenvalue weighted by molar-refractivity contribution is 0.0948. The van der Waals surface area contributed by atoms with Crippen molar-refractivity contribution in [1.29, 1.82) is 0 Å². The first-order valence-corrected chi connectivity index (χ1v) is 7.66. The van der Waals surface area contributed by atoms with Crippen molar-refractivity contribution in [1.82, 2.24) is 10.5 Å². The summed E-state index contributed by atoms with van der Waals surface area (Å²) >= 11 is 0. The number of rotatable bonds is 7. The molecule has 0 saturated carbocycles. The van der Waals surface area contributed by atoms with E-state index in [1.54, 1.807) is 12.1 Å². The minimum Gasteiger partial charge on any atom is -0.488 e. The van der Waals surface area contributed by atoms with Gasteiger partial charge in [0.05, 0.1) is 16.8 Å². The van der Waals surface area contributed by atoms with Crippen LogP contribution in [-0.4, -0.2) is 23.7 Å². The second kappa shape index (κ2) is 9.30. The summed E-state index contributed by atoms with van der Waals surface area (Å²) in [5.74, 6) is 1.09. The molecule has 0 aliphatic carbocycles. The molecule has 0 fully saturated rings. The van der Waals surface area contributed by atoms with Crippen LogP contribution in [0.2, 0.25) is 0 Å². The Morgan fingerprint density at radius 2 is 2.08 bits per heavy atom. The lowest BCUT2D eigenvalue weighted by Crippen LogP contribution is -2.29. The maximum absolute atomic E-state index is 12.3. The Hall–Kier alpha value is -2.05. The molecule has 0 radical (unpaired) electrons. The van der Waals surface area contributed by atoms with Crippen molar-refractivity contribution in [3.63, 3.8) is 0 Å². The van der Waals surface area contributed by atoms with Gasteiger partial charge in [0, 0.05) is 12.6 Å². The summed E-state index contributed by atoms with van der Waals surface area (Å²) in [7, 11) is 0. The van der Waals surface area contributed by atoms with Gasteiger partial charge in [-0.2, -0.15) is 0 Å². The molecule has 0 saturated heterocycles. The third-order valence-corrected chi connectivity index (χ3v) is 3.57. The number of nitrogens with two attached hydrogens (primary N) is 1. The molecule has 3 N–H and O–H groups in total. The van der Waals surface area contributed by atoms with Gasteiger partial charge in [-0.3, -0.25) is 4.79 Å². The summed E-state index contributed by atoms with van der Waals surface area (Å²) in [5.41, 5.74) is 7.88. The normalized spacial score (nSPS) is 11.5. The Kier molecular flexibility index (Phi) is 7.74. The van der Waals surface area contributed by atoms with Gasteiger partial charge in [0.2, 0.25) is 0 Å². The number of hydrogen-bond donors (Lipinski definition) is 2. The number of carbonyl (C=O) groups excluding carboxylic acids is 1. The molecule has 1 aromatic carbocycles. The number of amides is 1. The van der Waals surface area contributed by atoms with Gasteiger partial charge in [-0.05, 0) is 39.3 Å². The third kappa shape index (κ3) is 5.25. The minimum absolute atomic E-state index is 0. The van der Waals surface area contributed by atoms with Crippen LogP contribution in [0.1, 0.15) is 40.7 Å². The van der Waals surface area contributed by atoms with Crippen LogP contribution in [0.5, 0.6) is 5.75 Å². The SMILES string of the molecule is Cc1noc(C)c1COc1ccccc1C(=O)NCCC(C)N.Cl. The zero-order valence-corrected chi connectivity index (χ0v) is 15.0. The quantitative estimate of drug-likeness (QED) is 0.798.